The highest BCUT2D eigenvalue weighted by atomic mass is 16.6. The zero-order chi connectivity index (χ0) is 16.2. The standard InChI is InChI=1S/C16H28N4O2/c1-16(2,3)22-15(21)20-8-5-6-14(7-9-20)17-10-13-11-18-19(4)12-13/h11-12,14,17H,5-10H2,1-4H3/t14-/m1/s1. The van der Waals surface area contributed by atoms with Crippen LogP contribution in [0.15, 0.2) is 12.4 Å². The summed E-state index contributed by atoms with van der Waals surface area (Å²) in [4.78, 5) is 14.0. The van der Waals surface area contributed by atoms with Crippen LogP contribution in [0.4, 0.5) is 4.79 Å². The summed E-state index contributed by atoms with van der Waals surface area (Å²) < 4.78 is 7.27. The topological polar surface area (TPSA) is 59.4 Å². The van der Waals surface area contributed by atoms with E-state index in [1.807, 2.05) is 49.8 Å². The van der Waals surface area contributed by atoms with Crippen molar-refractivity contribution in [2.24, 2.45) is 7.05 Å². The van der Waals surface area contributed by atoms with Crippen molar-refractivity contribution in [2.75, 3.05) is 13.1 Å². The van der Waals surface area contributed by atoms with Gasteiger partial charge in [-0.1, -0.05) is 0 Å². The number of hydrogen-bond donors (Lipinski definition) is 1. The number of aryl methyl sites for hydroxylation is 1. The van der Waals surface area contributed by atoms with Crippen LogP contribution in [-0.2, 0) is 18.3 Å². The Morgan fingerprint density at radius 2 is 2.18 bits per heavy atom. The van der Waals surface area contributed by atoms with Crippen molar-refractivity contribution in [3.8, 4) is 0 Å². The van der Waals surface area contributed by atoms with Crippen LogP contribution in [0.3, 0.4) is 0 Å². The predicted molar refractivity (Wildman–Crippen MR) is 85.5 cm³/mol. The summed E-state index contributed by atoms with van der Waals surface area (Å²) in [5.41, 5.74) is 0.761. The zero-order valence-electron chi connectivity index (χ0n) is 14.1. The molecule has 0 unspecified atom stereocenters. The van der Waals surface area contributed by atoms with E-state index in [1.165, 1.54) is 5.56 Å². The summed E-state index contributed by atoms with van der Waals surface area (Å²) in [7, 11) is 1.92. The van der Waals surface area contributed by atoms with Gasteiger partial charge in [0.15, 0.2) is 0 Å². The number of carbonyl (C=O) groups excluding carboxylic acids is 1. The molecule has 2 rings (SSSR count). The fraction of sp³-hybridized carbons (Fsp3) is 0.750. The van der Waals surface area contributed by atoms with Crippen LogP contribution >= 0.6 is 0 Å². The quantitative estimate of drug-likeness (QED) is 0.931. The van der Waals surface area contributed by atoms with E-state index in [4.69, 9.17) is 4.74 Å². The van der Waals surface area contributed by atoms with Crippen LogP contribution in [-0.4, -0.2) is 45.5 Å². The molecule has 0 saturated carbocycles. The van der Waals surface area contributed by atoms with Gasteiger partial charge in [0.2, 0.25) is 0 Å². The third kappa shape index (κ3) is 5.33. The van der Waals surface area contributed by atoms with E-state index in [1.54, 1.807) is 0 Å². The molecule has 6 nitrogen and oxygen atoms in total. The number of ether oxygens (including phenoxy) is 1. The highest BCUT2D eigenvalue weighted by molar-refractivity contribution is 5.68. The molecule has 124 valence electrons. The van der Waals surface area contributed by atoms with Gasteiger partial charge >= 0.3 is 6.09 Å². The number of amides is 1. The molecule has 0 aromatic carbocycles. The highest BCUT2D eigenvalue weighted by Crippen LogP contribution is 2.16. The van der Waals surface area contributed by atoms with Gasteiger partial charge in [-0.3, -0.25) is 4.68 Å². The number of likely N-dealkylation sites (tertiary alicyclic amines) is 1. The van der Waals surface area contributed by atoms with Crippen LogP contribution in [0.2, 0.25) is 0 Å². The van der Waals surface area contributed by atoms with Gasteiger partial charge in [-0.25, -0.2) is 4.79 Å². The van der Waals surface area contributed by atoms with Crippen LogP contribution < -0.4 is 5.32 Å². The van der Waals surface area contributed by atoms with Crippen LogP contribution in [0.5, 0.6) is 0 Å². The third-order valence-corrected chi connectivity index (χ3v) is 3.73. The molecule has 1 aromatic rings. The van der Waals surface area contributed by atoms with Gasteiger partial charge in [0.25, 0.3) is 0 Å². The van der Waals surface area contributed by atoms with E-state index in [-0.39, 0.29) is 6.09 Å². The molecule has 1 fully saturated rings. The Bertz CT molecular complexity index is 493. The van der Waals surface area contributed by atoms with Crippen molar-refractivity contribution in [3.63, 3.8) is 0 Å². The van der Waals surface area contributed by atoms with Crippen molar-refractivity contribution in [2.45, 2.75) is 58.2 Å². The molecule has 0 bridgehead atoms. The van der Waals surface area contributed by atoms with Gasteiger partial charge in [0, 0.05) is 44.5 Å². The summed E-state index contributed by atoms with van der Waals surface area (Å²) in [6.45, 7) is 8.06. The van der Waals surface area contributed by atoms with Gasteiger partial charge in [0.05, 0.1) is 6.20 Å². The molecule has 22 heavy (non-hydrogen) atoms. The van der Waals surface area contributed by atoms with E-state index in [0.29, 0.717) is 6.04 Å². The SMILES string of the molecule is Cn1cc(CN[C@@H]2CCCN(C(=O)OC(C)(C)C)CC2)cn1. The molecule has 1 saturated heterocycles. The van der Waals surface area contributed by atoms with Crippen LogP contribution in [0, 0.1) is 0 Å². The molecular weight excluding hydrogens is 280 g/mol. The molecule has 2 heterocycles. The average Bonchev–Trinajstić information content (AvgIpc) is 2.69. The molecule has 0 spiro atoms. The minimum atomic E-state index is -0.429. The molecule has 6 heteroatoms. The summed E-state index contributed by atoms with van der Waals surface area (Å²) in [5, 5.41) is 7.74. The first-order valence-corrected chi connectivity index (χ1v) is 8.02. The molecular formula is C16H28N4O2. The van der Waals surface area contributed by atoms with Gasteiger partial charge in [-0.05, 0) is 40.0 Å². The smallest absolute Gasteiger partial charge is 0.410 e. The number of aromatic nitrogens is 2. The van der Waals surface area contributed by atoms with Crippen molar-refractivity contribution >= 4 is 6.09 Å². The molecule has 1 aromatic heterocycles. The van der Waals surface area contributed by atoms with Crippen molar-refractivity contribution in [1.82, 2.24) is 20.0 Å². The molecule has 1 N–H and O–H groups in total. The first-order chi connectivity index (χ1) is 10.3. The lowest BCUT2D eigenvalue weighted by Crippen LogP contribution is -2.38. The summed E-state index contributed by atoms with van der Waals surface area (Å²) in [5.74, 6) is 0. The fourth-order valence-electron chi connectivity index (χ4n) is 2.63. The number of nitrogens with one attached hydrogen (secondary N) is 1. The normalized spacial score (nSPS) is 19.8. The Hall–Kier alpha value is -1.56. The van der Waals surface area contributed by atoms with Crippen molar-refractivity contribution < 1.29 is 9.53 Å². The van der Waals surface area contributed by atoms with Gasteiger partial charge in [-0.2, -0.15) is 5.10 Å². The van der Waals surface area contributed by atoms with Crippen molar-refractivity contribution in [3.05, 3.63) is 18.0 Å². The van der Waals surface area contributed by atoms with Gasteiger partial charge in [0.1, 0.15) is 5.60 Å². The molecule has 1 atom stereocenters. The maximum atomic E-state index is 12.1. The van der Waals surface area contributed by atoms with Crippen molar-refractivity contribution in [1.29, 1.82) is 0 Å². The maximum absolute atomic E-state index is 12.1. The number of hydrogen-bond acceptors (Lipinski definition) is 4. The lowest BCUT2D eigenvalue weighted by molar-refractivity contribution is 0.0256. The van der Waals surface area contributed by atoms with Crippen LogP contribution in [0.25, 0.3) is 0 Å². The van der Waals surface area contributed by atoms with E-state index < -0.39 is 5.60 Å². The molecule has 1 amide bonds. The van der Waals surface area contributed by atoms with Gasteiger partial charge < -0.3 is 15.0 Å². The monoisotopic (exact) mass is 308 g/mol. The second-order valence-electron chi connectivity index (χ2n) is 7.00. The third-order valence-electron chi connectivity index (χ3n) is 3.73. The largest absolute Gasteiger partial charge is 0.444 e. The molecule has 1 aliphatic rings. The van der Waals surface area contributed by atoms with Gasteiger partial charge in [-0.15, -0.1) is 0 Å². The Kier molecular flexibility index (Phi) is 5.45. The molecule has 0 aliphatic carbocycles. The summed E-state index contributed by atoms with van der Waals surface area (Å²) in [6.07, 6.45) is 6.76. The van der Waals surface area contributed by atoms with E-state index in [0.717, 1.165) is 38.9 Å². The predicted octanol–water partition coefficient (Wildman–Crippen LogP) is 2.30. The van der Waals surface area contributed by atoms with E-state index in [9.17, 15) is 4.79 Å². The summed E-state index contributed by atoms with van der Waals surface area (Å²) >= 11 is 0. The highest BCUT2D eigenvalue weighted by Gasteiger charge is 2.25. The Labute approximate surface area is 132 Å². The lowest BCUT2D eigenvalue weighted by atomic mass is 10.1. The minimum Gasteiger partial charge on any atom is -0.444 e. The number of rotatable bonds is 3. The Balaban J connectivity index is 1.78. The second-order valence-corrected chi connectivity index (χ2v) is 7.00. The fourth-order valence-corrected chi connectivity index (χ4v) is 2.63. The number of carbonyl (C=O) groups is 1. The second kappa shape index (κ2) is 7.13. The first-order valence-electron chi connectivity index (χ1n) is 8.02. The minimum absolute atomic E-state index is 0.194. The number of nitrogens with zero attached hydrogens (tertiary/aromatic N) is 3. The molecule has 1 aliphatic heterocycles. The molecule has 0 radical (unpaired) electrons. The first kappa shape index (κ1) is 16.8. The zero-order valence-corrected chi connectivity index (χ0v) is 14.1. The average molecular weight is 308 g/mol. The summed E-state index contributed by atoms with van der Waals surface area (Å²) in [6, 6.07) is 0.438. The Morgan fingerprint density at radius 3 is 2.82 bits per heavy atom. The maximum Gasteiger partial charge on any atom is 0.410 e. The Morgan fingerprint density at radius 1 is 1.41 bits per heavy atom. The lowest BCUT2D eigenvalue weighted by Gasteiger charge is -2.26. The van der Waals surface area contributed by atoms with E-state index >= 15 is 0 Å². The van der Waals surface area contributed by atoms with E-state index in [2.05, 4.69) is 10.4 Å². The van der Waals surface area contributed by atoms with Crippen LogP contribution in [0.1, 0.15) is 45.6 Å².